The highest BCUT2D eigenvalue weighted by Gasteiger charge is 2.05. The lowest BCUT2D eigenvalue weighted by atomic mass is 10.1. The van der Waals surface area contributed by atoms with Gasteiger partial charge >= 0.3 is 0 Å². The Morgan fingerprint density at radius 3 is 2.94 bits per heavy atom. The van der Waals surface area contributed by atoms with Gasteiger partial charge in [-0.25, -0.2) is 10.8 Å². The summed E-state index contributed by atoms with van der Waals surface area (Å²) in [5.41, 5.74) is 4.67. The topological polar surface area (TPSA) is 75.9 Å². The molecule has 0 aliphatic rings. The number of aromatic nitrogens is 2. The van der Waals surface area contributed by atoms with Crippen LogP contribution in [0.1, 0.15) is 12.5 Å². The summed E-state index contributed by atoms with van der Waals surface area (Å²) < 4.78 is 0.781. The summed E-state index contributed by atoms with van der Waals surface area (Å²) in [7, 11) is 0. The van der Waals surface area contributed by atoms with Gasteiger partial charge in [-0.3, -0.25) is 5.43 Å². The standard InChI is InChI=1S/C12H14BrN5/c1-2-8-4-3-5-9(6-8)16-11-10(13)7-15-12(17-11)18-14/h3-7H,2,14H2,1H3,(H2,15,16,17,18). The van der Waals surface area contributed by atoms with E-state index in [0.717, 1.165) is 16.6 Å². The van der Waals surface area contributed by atoms with Crippen molar-refractivity contribution in [1.82, 2.24) is 9.97 Å². The van der Waals surface area contributed by atoms with E-state index in [2.05, 4.69) is 55.7 Å². The van der Waals surface area contributed by atoms with Crippen LogP contribution in [-0.4, -0.2) is 9.97 Å². The number of rotatable bonds is 4. The molecule has 0 fully saturated rings. The van der Waals surface area contributed by atoms with Crippen molar-refractivity contribution in [1.29, 1.82) is 0 Å². The van der Waals surface area contributed by atoms with E-state index in [1.165, 1.54) is 5.56 Å². The molecule has 94 valence electrons. The van der Waals surface area contributed by atoms with E-state index in [1.54, 1.807) is 6.20 Å². The first-order valence-corrected chi connectivity index (χ1v) is 6.37. The van der Waals surface area contributed by atoms with E-state index in [0.29, 0.717) is 11.8 Å². The van der Waals surface area contributed by atoms with Crippen molar-refractivity contribution in [2.24, 2.45) is 5.84 Å². The Bertz CT molecular complexity index is 544. The fourth-order valence-corrected chi connectivity index (χ4v) is 1.82. The molecule has 1 aromatic carbocycles. The first-order valence-electron chi connectivity index (χ1n) is 5.58. The molecule has 1 heterocycles. The van der Waals surface area contributed by atoms with Crippen LogP contribution in [0.3, 0.4) is 0 Å². The van der Waals surface area contributed by atoms with Gasteiger partial charge in [-0.1, -0.05) is 19.1 Å². The van der Waals surface area contributed by atoms with Crippen LogP contribution in [0.4, 0.5) is 17.5 Å². The number of nitrogens with one attached hydrogen (secondary N) is 2. The molecule has 5 nitrogen and oxygen atoms in total. The highest BCUT2D eigenvalue weighted by atomic mass is 79.9. The predicted octanol–water partition coefficient (Wildman–Crippen LogP) is 2.83. The number of nitrogens with two attached hydrogens (primary N) is 1. The maximum absolute atomic E-state index is 5.29. The number of benzene rings is 1. The molecule has 0 unspecified atom stereocenters. The summed E-state index contributed by atoms with van der Waals surface area (Å²) >= 11 is 3.40. The van der Waals surface area contributed by atoms with Crippen molar-refractivity contribution >= 4 is 33.4 Å². The van der Waals surface area contributed by atoms with Crippen LogP contribution in [0.5, 0.6) is 0 Å². The molecule has 0 atom stereocenters. The van der Waals surface area contributed by atoms with Crippen LogP contribution in [0.25, 0.3) is 0 Å². The average Bonchev–Trinajstić information content (AvgIpc) is 2.41. The number of hydrazine groups is 1. The van der Waals surface area contributed by atoms with E-state index in [4.69, 9.17) is 5.84 Å². The molecule has 0 saturated heterocycles. The first kappa shape index (κ1) is 12.8. The largest absolute Gasteiger partial charge is 0.339 e. The zero-order valence-corrected chi connectivity index (χ0v) is 11.5. The fourth-order valence-electron chi connectivity index (χ4n) is 1.53. The third-order valence-corrected chi connectivity index (χ3v) is 3.05. The highest BCUT2D eigenvalue weighted by molar-refractivity contribution is 9.10. The lowest BCUT2D eigenvalue weighted by Gasteiger charge is -2.09. The summed E-state index contributed by atoms with van der Waals surface area (Å²) in [5.74, 6) is 6.33. The zero-order chi connectivity index (χ0) is 13.0. The molecule has 0 bridgehead atoms. The number of nitrogen functional groups attached to an aromatic ring is 1. The maximum atomic E-state index is 5.29. The second kappa shape index (κ2) is 5.79. The van der Waals surface area contributed by atoms with E-state index in [1.807, 2.05) is 12.1 Å². The Hall–Kier alpha value is -1.66. The molecule has 0 amide bonds. The number of hydrogen-bond donors (Lipinski definition) is 3. The Morgan fingerprint density at radius 2 is 2.22 bits per heavy atom. The number of anilines is 3. The third-order valence-electron chi connectivity index (χ3n) is 2.47. The molecule has 4 N–H and O–H groups in total. The van der Waals surface area contributed by atoms with Crippen molar-refractivity contribution in [2.75, 3.05) is 10.7 Å². The van der Waals surface area contributed by atoms with Crippen molar-refractivity contribution in [3.63, 3.8) is 0 Å². The second-order valence-electron chi connectivity index (χ2n) is 3.71. The van der Waals surface area contributed by atoms with Gasteiger partial charge < -0.3 is 5.32 Å². The van der Waals surface area contributed by atoms with Gasteiger partial charge in [0, 0.05) is 11.9 Å². The molecule has 18 heavy (non-hydrogen) atoms. The summed E-state index contributed by atoms with van der Waals surface area (Å²) in [6.45, 7) is 2.12. The third kappa shape index (κ3) is 2.96. The monoisotopic (exact) mass is 307 g/mol. The van der Waals surface area contributed by atoms with Crippen molar-refractivity contribution in [3.05, 3.63) is 40.5 Å². The quantitative estimate of drug-likeness (QED) is 0.598. The second-order valence-corrected chi connectivity index (χ2v) is 4.57. The smallest absolute Gasteiger partial charge is 0.239 e. The zero-order valence-electron chi connectivity index (χ0n) is 9.94. The maximum Gasteiger partial charge on any atom is 0.239 e. The SMILES string of the molecule is CCc1cccc(Nc2nc(NN)ncc2Br)c1. The Morgan fingerprint density at radius 1 is 1.39 bits per heavy atom. The number of halogens is 1. The van der Waals surface area contributed by atoms with Crippen LogP contribution in [0.2, 0.25) is 0 Å². The predicted molar refractivity (Wildman–Crippen MR) is 76.6 cm³/mol. The molecule has 0 spiro atoms. The molecule has 0 aliphatic heterocycles. The summed E-state index contributed by atoms with van der Waals surface area (Å²) in [6, 6.07) is 8.18. The van der Waals surface area contributed by atoms with Crippen molar-refractivity contribution in [2.45, 2.75) is 13.3 Å². The van der Waals surface area contributed by atoms with Gasteiger partial charge in [-0.05, 0) is 40.0 Å². The van der Waals surface area contributed by atoms with E-state index < -0.39 is 0 Å². The molecule has 0 aliphatic carbocycles. The molecule has 6 heteroatoms. The van der Waals surface area contributed by atoms with Crippen molar-refractivity contribution < 1.29 is 0 Å². The fraction of sp³-hybridized carbons (Fsp3) is 0.167. The summed E-state index contributed by atoms with van der Waals surface area (Å²) in [5, 5.41) is 3.23. The summed E-state index contributed by atoms with van der Waals surface area (Å²) in [4.78, 5) is 8.24. The van der Waals surface area contributed by atoms with Crippen LogP contribution in [-0.2, 0) is 6.42 Å². The molecule has 1 aromatic heterocycles. The van der Waals surface area contributed by atoms with Crippen LogP contribution in [0, 0.1) is 0 Å². The van der Waals surface area contributed by atoms with Gasteiger partial charge in [-0.15, -0.1) is 0 Å². The van der Waals surface area contributed by atoms with Crippen LogP contribution >= 0.6 is 15.9 Å². The van der Waals surface area contributed by atoms with Gasteiger partial charge in [0.2, 0.25) is 5.95 Å². The minimum atomic E-state index is 0.368. The van der Waals surface area contributed by atoms with Gasteiger partial charge in [0.15, 0.2) is 0 Å². The molecule has 0 saturated carbocycles. The number of hydrogen-bond acceptors (Lipinski definition) is 5. The van der Waals surface area contributed by atoms with Gasteiger partial charge in [0.1, 0.15) is 5.82 Å². The van der Waals surface area contributed by atoms with E-state index in [-0.39, 0.29) is 0 Å². The lowest BCUT2D eigenvalue weighted by Crippen LogP contribution is -2.11. The van der Waals surface area contributed by atoms with Crippen LogP contribution in [0.15, 0.2) is 34.9 Å². The minimum absolute atomic E-state index is 0.368. The minimum Gasteiger partial charge on any atom is -0.339 e. The lowest BCUT2D eigenvalue weighted by molar-refractivity contribution is 1.11. The molecular weight excluding hydrogens is 294 g/mol. The molecule has 0 radical (unpaired) electrons. The number of nitrogens with zero attached hydrogens (tertiary/aromatic N) is 2. The molecule has 2 aromatic rings. The Labute approximate surface area is 114 Å². The van der Waals surface area contributed by atoms with Gasteiger partial charge in [0.25, 0.3) is 0 Å². The first-order chi connectivity index (χ1) is 8.72. The van der Waals surface area contributed by atoms with E-state index in [9.17, 15) is 0 Å². The Kier molecular flexibility index (Phi) is 4.11. The normalized spacial score (nSPS) is 10.2. The summed E-state index contributed by atoms with van der Waals surface area (Å²) in [6.07, 6.45) is 2.64. The molecular formula is C12H14BrN5. The van der Waals surface area contributed by atoms with E-state index >= 15 is 0 Å². The van der Waals surface area contributed by atoms with Gasteiger partial charge in [-0.2, -0.15) is 4.98 Å². The Balaban J connectivity index is 2.27. The average molecular weight is 308 g/mol. The highest BCUT2D eigenvalue weighted by Crippen LogP contribution is 2.24. The van der Waals surface area contributed by atoms with Gasteiger partial charge in [0.05, 0.1) is 4.47 Å². The van der Waals surface area contributed by atoms with Crippen molar-refractivity contribution in [3.8, 4) is 0 Å². The van der Waals surface area contributed by atoms with Crippen LogP contribution < -0.4 is 16.6 Å². The molecule has 2 rings (SSSR count). The number of aryl methyl sites for hydroxylation is 1.